The van der Waals surface area contributed by atoms with Gasteiger partial charge in [0.15, 0.2) is 5.78 Å². The maximum absolute atomic E-state index is 13.2. The molecule has 4 heteroatoms. The van der Waals surface area contributed by atoms with Gasteiger partial charge in [-0.15, -0.1) is 0 Å². The van der Waals surface area contributed by atoms with Gasteiger partial charge in [-0.05, 0) is 32.2 Å². The van der Waals surface area contributed by atoms with Crippen LogP contribution >= 0.6 is 11.6 Å². The van der Waals surface area contributed by atoms with Gasteiger partial charge in [0.1, 0.15) is 5.82 Å². The van der Waals surface area contributed by atoms with Gasteiger partial charge in [0.05, 0.1) is 11.6 Å². The molecule has 0 saturated heterocycles. The molecule has 1 unspecified atom stereocenters. The fourth-order valence-corrected chi connectivity index (χ4v) is 1.22. The van der Waals surface area contributed by atoms with Gasteiger partial charge in [-0.25, -0.2) is 4.39 Å². The molecule has 1 N–H and O–H groups in total. The van der Waals surface area contributed by atoms with Crippen molar-refractivity contribution in [3.8, 4) is 0 Å². The van der Waals surface area contributed by atoms with E-state index in [-0.39, 0.29) is 11.3 Å². The second-order valence-corrected chi connectivity index (χ2v) is 3.44. The summed E-state index contributed by atoms with van der Waals surface area (Å²) in [6.45, 7) is 1.67. The van der Waals surface area contributed by atoms with E-state index in [1.807, 2.05) is 0 Å². The zero-order valence-electron chi connectivity index (χ0n) is 7.97. The molecule has 0 fully saturated rings. The number of rotatable bonds is 3. The fourth-order valence-electron chi connectivity index (χ4n) is 1.05. The van der Waals surface area contributed by atoms with Crippen LogP contribution < -0.4 is 5.32 Å². The van der Waals surface area contributed by atoms with Gasteiger partial charge >= 0.3 is 0 Å². The van der Waals surface area contributed by atoms with Gasteiger partial charge in [-0.3, -0.25) is 4.79 Å². The molecule has 0 saturated carbocycles. The molecular formula is C10H11ClFNO. The SMILES string of the molecule is CNC(C)C(=O)c1cc(Cl)ccc1F. The monoisotopic (exact) mass is 215 g/mol. The topological polar surface area (TPSA) is 29.1 Å². The number of halogens is 2. The molecule has 0 amide bonds. The molecule has 0 bridgehead atoms. The molecule has 0 aliphatic rings. The van der Waals surface area contributed by atoms with Crippen molar-refractivity contribution >= 4 is 17.4 Å². The average Bonchev–Trinajstić information content (AvgIpc) is 2.19. The summed E-state index contributed by atoms with van der Waals surface area (Å²) in [5.41, 5.74) is 0.0272. The number of ketones is 1. The third kappa shape index (κ3) is 2.30. The molecule has 0 aliphatic heterocycles. The maximum Gasteiger partial charge on any atom is 0.182 e. The van der Waals surface area contributed by atoms with Crippen LogP contribution in [-0.4, -0.2) is 18.9 Å². The summed E-state index contributed by atoms with van der Waals surface area (Å²) in [7, 11) is 1.64. The highest BCUT2D eigenvalue weighted by molar-refractivity contribution is 6.31. The van der Waals surface area contributed by atoms with Gasteiger partial charge in [-0.2, -0.15) is 0 Å². The molecule has 0 spiro atoms. The van der Waals surface area contributed by atoms with Crippen LogP contribution in [0.5, 0.6) is 0 Å². The van der Waals surface area contributed by atoms with Gasteiger partial charge in [0, 0.05) is 5.02 Å². The number of hydrogen-bond acceptors (Lipinski definition) is 2. The summed E-state index contributed by atoms with van der Waals surface area (Å²) in [4.78, 5) is 11.6. The van der Waals surface area contributed by atoms with Crippen molar-refractivity contribution in [3.05, 3.63) is 34.6 Å². The zero-order chi connectivity index (χ0) is 10.7. The second kappa shape index (κ2) is 4.53. The first-order valence-corrected chi connectivity index (χ1v) is 4.60. The Morgan fingerprint density at radius 2 is 2.21 bits per heavy atom. The number of Topliss-reactive ketones (excluding diaryl/α,β-unsaturated/α-hetero) is 1. The molecule has 1 aromatic rings. The van der Waals surface area contributed by atoms with Gasteiger partial charge in [-0.1, -0.05) is 11.6 Å². The van der Waals surface area contributed by atoms with E-state index in [0.717, 1.165) is 0 Å². The molecule has 14 heavy (non-hydrogen) atoms. The van der Waals surface area contributed by atoms with E-state index in [2.05, 4.69) is 5.32 Å². The predicted molar refractivity (Wildman–Crippen MR) is 54.3 cm³/mol. The van der Waals surface area contributed by atoms with Crippen molar-refractivity contribution in [1.82, 2.24) is 5.32 Å². The van der Waals surface area contributed by atoms with Crippen LogP contribution in [0.2, 0.25) is 5.02 Å². The molecule has 2 nitrogen and oxygen atoms in total. The first kappa shape index (κ1) is 11.1. The summed E-state index contributed by atoms with van der Waals surface area (Å²) >= 11 is 5.67. The molecule has 0 aliphatic carbocycles. The van der Waals surface area contributed by atoms with Gasteiger partial charge in [0.25, 0.3) is 0 Å². The summed E-state index contributed by atoms with van der Waals surface area (Å²) in [5.74, 6) is -0.839. The Morgan fingerprint density at radius 1 is 1.57 bits per heavy atom. The fraction of sp³-hybridized carbons (Fsp3) is 0.300. The number of nitrogens with one attached hydrogen (secondary N) is 1. The van der Waals surface area contributed by atoms with E-state index < -0.39 is 11.9 Å². The van der Waals surface area contributed by atoms with Gasteiger partial charge < -0.3 is 5.32 Å². The highest BCUT2D eigenvalue weighted by Crippen LogP contribution is 2.16. The quantitative estimate of drug-likeness (QED) is 0.784. The number of benzene rings is 1. The Bertz CT molecular complexity index is 354. The third-order valence-electron chi connectivity index (χ3n) is 2.02. The summed E-state index contributed by atoms with van der Waals surface area (Å²) in [5, 5.41) is 3.11. The lowest BCUT2D eigenvalue weighted by molar-refractivity contribution is 0.0951. The molecule has 0 aromatic heterocycles. The van der Waals surface area contributed by atoms with Crippen LogP contribution in [0.1, 0.15) is 17.3 Å². The second-order valence-electron chi connectivity index (χ2n) is 3.00. The minimum absolute atomic E-state index is 0.0272. The molecule has 1 rings (SSSR count). The Morgan fingerprint density at radius 3 is 2.79 bits per heavy atom. The zero-order valence-corrected chi connectivity index (χ0v) is 8.73. The van der Waals surface area contributed by atoms with E-state index >= 15 is 0 Å². The van der Waals surface area contributed by atoms with Crippen molar-refractivity contribution < 1.29 is 9.18 Å². The van der Waals surface area contributed by atoms with Gasteiger partial charge in [0.2, 0.25) is 0 Å². The smallest absolute Gasteiger partial charge is 0.182 e. The van der Waals surface area contributed by atoms with Crippen LogP contribution in [0.4, 0.5) is 4.39 Å². The predicted octanol–water partition coefficient (Wildman–Crippen LogP) is 2.27. The third-order valence-corrected chi connectivity index (χ3v) is 2.26. The van der Waals surface area contributed by atoms with Crippen molar-refractivity contribution in [2.75, 3.05) is 7.05 Å². The van der Waals surface area contributed by atoms with Crippen LogP contribution in [0, 0.1) is 5.82 Å². The van der Waals surface area contributed by atoms with E-state index in [4.69, 9.17) is 11.6 Å². The Labute approximate surface area is 87.1 Å². The molecule has 76 valence electrons. The minimum Gasteiger partial charge on any atom is -0.310 e. The van der Waals surface area contributed by atoms with Crippen LogP contribution in [0.3, 0.4) is 0 Å². The lowest BCUT2D eigenvalue weighted by Gasteiger charge is -2.09. The standard InChI is InChI=1S/C10H11ClFNO/c1-6(13-2)10(14)8-5-7(11)3-4-9(8)12/h3-6,13H,1-2H3. The van der Waals surface area contributed by atoms with E-state index in [1.54, 1.807) is 14.0 Å². The molecule has 0 radical (unpaired) electrons. The van der Waals surface area contributed by atoms with Crippen molar-refractivity contribution in [2.45, 2.75) is 13.0 Å². The molecule has 0 heterocycles. The molecule has 1 aromatic carbocycles. The van der Waals surface area contributed by atoms with Crippen molar-refractivity contribution in [3.63, 3.8) is 0 Å². The van der Waals surface area contributed by atoms with Crippen LogP contribution in [0.15, 0.2) is 18.2 Å². The van der Waals surface area contributed by atoms with Crippen molar-refractivity contribution in [1.29, 1.82) is 0 Å². The first-order valence-electron chi connectivity index (χ1n) is 4.22. The normalized spacial score (nSPS) is 12.6. The van der Waals surface area contributed by atoms with Crippen LogP contribution in [0.25, 0.3) is 0 Å². The largest absolute Gasteiger partial charge is 0.310 e. The Balaban J connectivity index is 3.06. The van der Waals surface area contributed by atoms with Crippen molar-refractivity contribution in [2.24, 2.45) is 0 Å². The maximum atomic E-state index is 13.2. The number of likely N-dealkylation sites (N-methyl/N-ethyl adjacent to an activating group) is 1. The lowest BCUT2D eigenvalue weighted by Crippen LogP contribution is -2.31. The van der Waals surface area contributed by atoms with E-state index in [0.29, 0.717) is 5.02 Å². The highest BCUT2D eigenvalue weighted by atomic mass is 35.5. The average molecular weight is 216 g/mol. The summed E-state index contributed by atoms with van der Waals surface area (Å²) < 4.78 is 13.2. The Hall–Kier alpha value is -0.930. The van der Waals surface area contributed by atoms with Crippen LogP contribution in [-0.2, 0) is 0 Å². The molecular weight excluding hydrogens is 205 g/mol. The molecule has 1 atom stereocenters. The lowest BCUT2D eigenvalue weighted by atomic mass is 10.1. The summed E-state index contributed by atoms with van der Waals surface area (Å²) in [6, 6.07) is 3.53. The van der Waals surface area contributed by atoms with E-state index in [9.17, 15) is 9.18 Å². The summed E-state index contributed by atoms with van der Waals surface area (Å²) in [6.07, 6.45) is 0. The number of carbonyl (C=O) groups excluding carboxylic acids is 1. The highest BCUT2D eigenvalue weighted by Gasteiger charge is 2.17. The minimum atomic E-state index is -0.540. The number of carbonyl (C=O) groups is 1. The van der Waals surface area contributed by atoms with E-state index in [1.165, 1.54) is 18.2 Å². The Kier molecular flexibility index (Phi) is 3.61. The number of hydrogen-bond donors (Lipinski definition) is 1. The first-order chi connectivity index (χ1) is 6.56.